The Hall–Kier alpha value is -3.65. The minimum Gasteiger partial charge on any atom is -0.465 e. The van der Waals surface area contributed by atoms with Gasteiger partial charge in [-0.05, 0) is 13.8 Å². The first kappa shape index (κ1) is 39.4. The molecule has 0 unspecified atom stereocenters. The van der Waals surface area contributed by atoms with Crippen LogP contribution in [0.3, 0.4) is 0 Å². The van der Waals surface area contributed by atoms with E-state index in [0.29, 0.717) is 18.2 Å². The summed E-state index contributed by atoms with van der Waals surface area (Å²) >= 11 is 0. The Labute approximate surface area is 250 Å². The first-order chi connectivity index (χ1) is 20.8. The normalized spacial score (nSPS) is 10.3. The molecule has 0 aliphatic rings. The molecule has 0 radical (unpaired) electrons. The molecule has 0 fully saturated rings. The van der Waals surface area contributed by atoms with Crippen molar-refractivity contribution in [2.24, 2.45) is 5.73 Å². The number of hydrogen-bond acceptors (Lipinski definition) is 15. The van der Waals surface area contributed by atoms with E-state index in [-0.39, 0.29) is 92.3 Å². The lowest BCUT2D eigenvalue weighted by molar-refractivity contribution is -0.167. The molecule has 0 bridgehead atoms. The second-order valence-corrected chi connectivity index (χ2v) is 7.69. The Balaban J connectivity index is 3.66. The zero-order valence-corrected chi connectivity index (χ0v) is 24.8. The molecule has 250 valence electrons. The summed E-state index contributed by atoms with van der Waals surface area (Å²) < 4.78 is 39.8. The molecule has 0 atom stereocenters. The number of esters is 1. The maximum atomic E-state index is 11.8. The van der Waals surface area contributed by atoms with E-state index in [4.69, 9.17) is 48.5 Å². The highest BCUT2D eigenvalue weighted by Gasteiger charge is 2.20. The van der Waals surface area contributed by atoms with Gasteiger partial charge in [-0.1, -0.05) is 0 Å². The summed E-state index contributed by atoms with van der Waals surface area (Å²) in [7, 11) is 0. The second kappa shape index (κ2) is 28.5. The minimum atomic E-state index is -0.866. The van der Waals surface area contributed by atoms with Gasteiger partial charge in [0.25, 0.3) is 0 Å². The Morgan fingerprint density at radius 1 is 0.558 bits per heavy atom. The van der Waals surface area contributed by atoms with E-state index < -0.39 is 36.9 Å². The number of rotatable bonds is 25. The number of amides is 4. The van der Waals surface area contributed by atoms with Crippen molar-refractivity contribution in [2.45, 2.75) is 13.8 Å². The fraction of sp³-hybridized carbons (Fsp3) is 0.792. The van der Waals surface area contributed by atoms with Crippen molar-refractivity contribution in [2.75, 3.05) is 112 Å². The molecule has 4 amide bonds. The maximum Gasteiger partial charge on any atom is 0.434 e. The topological polar surface area (TPSA) is 234 Å². The highest BCUT2D eigenvalue weighted by Crippen LogP contribution is 1.97. The van der Waals surface area contributed by atoms with Gasteiger partial charge in [-0.2, -0.15) is 5.06 Å². The predicted molar refractivity (Wildman–Crippen MR) is 146 cm³/mol. The minimum absolute atomic E-state index is 0.00979. The number of hydroxylamine groups is 2. The first-order valence-electron chi connectivity index (χ1n) is 13.7. The fourth-order valence-electron chi connectivity index (χ4n) is 2.56. The molecular weight excluding hydrogens is 582 g/mol. The smallest absolute Gasteiger partial charge is 0.434 e. The van der Waals surface area contributed by atoms with Crippen molar-refractivity contribution in [3.8, 4) is 0 Å². The lowest BCUT2D eigenvalue weighted by Gasteiger charge is -2.20. The third kappa shape index (κ3) is 25.8. The van der Waals surface area contributed by atoms with E-state index in [9.17, 15) is 24.0 Å². The van der Waals surface area contributed by atoms with Crippen molar-refractivity contribution in [1.29, 1.82) is 0 Å². The van der Waals surface area contributed by atoms with Crippen molar-refractivity contribution >= 4 is 30.3 Å². The zero-order valence-electron chi connectivity index (χ0n) is 24.8. The molecule has 0 heterocycles. The molecule has 19 heteroatoms. The summed E-state index contributed by atoms with van der Waals surface area (Å²) in [6, 6.07) is 0. The Kier molecular flexibility index (Phi) is 26.1. The summed E-state index contributed by atoms with van der Waals surface area (Å²) in [6.45, 7) is 4.90. The summed E-state index contributed by atoms with van der Waals surface area (Å²) in [5.41, 5.74) is 5.26. The van der Waals surface area contributed by atoms with Crippen LogP contribution in [0.4, 0.5) is 19.2 Å². The molecule has 0 rings (SSSR count). The van der Waals surface area contributed by atoms with E-state index in [1.165, 1.54) is 0 Å². The SMILES string of the molecule is CCOC(=O)CN(OCCNC(=O)OCCOCCNC(=O)OCCOCCNC(=O)OCCOCCN)C(=O)OCC. The lowest BCUT2D eigenvalue weighted by Crippen LogP contribution is -2.39. The summed E-state index contributed by atoms with van der Waals surface area (Å²) in [5, 5.41) is 8.08. The number of carbonyl (C=O) groups is 5. The van der Waals surface area contributed by atoms with Gasteiger partial charge in [0, 0.05) is 26.2 Å². The highest BCUT2D eigenvalue weighted by atomic mass is 16.7. The van der Waals surface area contributed by atoms with E-state index in [0.717, 1.165) is 0 Å². The third-order valence-electron chi connectivity index (χ3n) is 4.34. The summed E-state index contributed by atoms with van der Waals surface area (Å²) in [6.07, 6.45) is -2.87. The third-order valence-corrected chi connectivity index (χ3v) is 4.34. The summed E-state index contributed by atoms with van der Waals surface area (Å²) in [5.74, 6) is -0.676. The largest absolute Gasteiger partial charge is 0.465 e. The lowest BCUT2D eigenvalue weighted by atomic mass is 10.6. The first-order valence-corrected chi connectivity index (χ1v) is 13.7. The van der Waals surface area contributed by atoms with Crippen LogP contribution in [0, 0.1) is 0 Å². The predicted octanol–water partition coefficient (Wildman–Crippen LogP) is -0.873. The number of carbonyl (C=O) groups excluding carboxylic acids is 5. The van der Waals surface area contributed by atoms with Crippen LogP contribution in [0.25, 0.3) is 0 Å². The molecule has 43 heavy (non-hydrogen) atoms. The van der Waals surface area contributed by atoms with E-state index >= 15 is 0 Å². The van der Waals surface area contributed by atoms with E-state index in [2.05, 4.69) is 16.0 Å². The molecule has 0 saturated heterocycles. The van der Waals surface area contributed by atoms with Gasteiger partial charge in [-0.15, -0.1) is 0 Å². The second-order valence-electron chi connectivity index (χ2n) is 7.69. The molecule has 0 aliphatic carbocycles. The zero-order chi connectivity index (χ0) is 32.0. The van der Waals surface area contributed by atoms with Crippen LogP contribution in [0.1, 0.15) is 13.8 Å². The van der Waals surface area contributed by atoms with Gasteiger partial charge in [0.1, 0.15) is 26.4 Å². The van der Waals surface area contributed by atoms with Crippen LogP contribution < -0.4 is 21.7 Å². The standard InChI is InChI=1S/C24H45N5O14/c1-3-38-20(30)19-29(24(34)39-4-2)43-12-8-28-23(33)42-18-15-37-11-7-27-22(32)41-17-14-36-10-6-26-21(31)40-16-13-35-9-5-25/h3-19,25H2,1-2H3,(H,26,31)(H,27,32)(H,28,33). The van der Waals surface area contributed by atoms with Crippen LogP contribution in [0.15, 0.2) is 0 Å². The van der Waals surface area contributed by atoms with Crippen molar-refractivity contribution in [3.05, 3.63) is 0 Å². The van der Waals surface area contributed by atoms with Crippen LogP contribution in [0.5, 0.6) is 0 Å². The average Bonchev–Trinajstić information content (AvgIpc) is 2.97. The molecule has 0 aliphatic heterocycles. The van der Waals surface area contributed by atoms with Gasteiger partial charge in [-0.3, -0.25) is 9.63 Å². The van der Waals surface area contributed by atoms with Gasteiger partial charge in [-0.25, -0.2) is 19.2 Å². The van der Waals surface area contributed by atoms with Gasteiger partial charge in [0.05, 0.1) is 59.5 Å². The van der Waals surface area contributed by atoms with Gasteiger partial charge in [0.15, 0.2) is 0 Å². The number of ether oxygens (including phenoxy) is 8. The molecule has 5 N–H and O–H groups in total. The molecule has 0 aromatic heterocycles. The van der Waals surface area contributed by atoms with E-state index in [1.807, 2.05) is 0 Å². The molecular formula is C24H45N5O14. The van der Waals surface area contributed by atoms with Crippen LogP contribution >= 0.6 is 0 Å². The maximum absolute atomic E-state index is 11.8. The summed E-state index contributed by atoms with van der Waals surface area (Å²) in [4.78, 5) is 63.3. The van der Waals surface area contributed by atoms with Crippen LogP contribution in [0.2, 0.25) is 0 Å². The molecule has 0 aromatic carbocycles. The molecule has 0 spiro atoms. The Morgan fingerprint density at radius 2 is 1.00 bits per heavy atom. The number of hydrogen-bond donors (Lipinski definition) is 4. The Morgan fingerprint density at radius 3 is 1.44 bits per heavy atom. The van der Waals surface area contributed by atoms with Gasteiger partial charge >= 0.3 is 30.3 Å². The van der Waals surface area contributed by atoms with Crippen molar-refractivity contribution in [3.63, 3.8) is 0 Å². The van der Waals surface area contributed by atoms with Crippen molar-refractivity contribution < 1.29 is 66.7 Å². The number of nitrogens with two attached hydrogens (primary N) is 1. The van der Waals surface area contributed by atoms with Crippen LogP contribution in [-0.2, 0) is 47.5 Å². The quantitative estimate of drug-likeness (QED) is 0.0417. The number of nitrogens with one attached hydrogen (secondary N) is 3. The van der Waals surface area contributed by atoms with Gasteiger partial charge in [0.2, 0.25) is 0 Å². The monoisotopic (exact) mass is 627 g/mol. The van der Waals surface area contributed by atoms with Gasteiger partial charge < -0.3 is 59.6 Å². The number of alkyl carbamates (subject to hydrolysis) is 3. The van der Waals surface area contributed by atoms with Crippen LogP contribution in [-0.4, -0.2) is 147 Å². The van der Waals surface area contributed by atoms with Crippen molar-refractivity contribution in [1.82, 2.24) is 21.0 Å². The molecule has 0 saturated carbocycles. The highest BCUT2D eigenvalue weighted by molar-refractivity contribution is 5.77. The van der Waals surface area contributed by atoms with E-state index in [1.54, 1.807) is 13.8 Å². The number of nitrogens with zero attached hydrogens (tertiary/aromatic N) is 1. The Bertz CT molecular complexity index is 777. The average molecular weight is 628 g/mol. The molecule has 0 aromatic rings. The fourth-order valence-corrected chi connectivity index (χ4v) is 2.56. The molecule has 19 nitrogen and oxygen atoms in total.